The van der Waals surface area contributed by atoms with E-state index in [1.165, 1.54) is 0 Å². The highest BCUT2D eigenvalue weighted by molar-refractivity contribution is 5.43. The topological polar surface area (TPSA) is 29.9 Å². The Morgan fingerprint density at radius 2 is 2.55 bits per heavy atom. The van der Waals surface area contributed by atoms with Gasteiger partial charge in [-0.1, -0.05) is 6.08 Å². The van der Waals surface area contributed by atoms with Gasteiger partial charge in [-0.3, -0.25) is 4.68 Å². The minimum absolute atomic E-state index is 0.885. The molecule has 0 saturated heterocycles. The third-order valence-electron chi connectivity index (χ3n) is 1.34. The van der Waals surface area contributed by atoms with Crippen molar-refractivity contribution in [2.45, 2.75) is 0 Å². The van der Waals surface area contributed by atoms with Crippen LogP contribution in [0.15, 0.2) is 18.3 Å². The predicted molar refractivity (Wildman–Crippen MR) is 46.2 cm³/mol. The average molecular weight is 151 g/mol. The highest BCUT2D eigenvalue weighted by Crippen LogP contribution is 1.95. The molecule has 0 aliphatic rings. The van der Waals surface area contributed by atoms with Crippen LogP contribution >= 0.6 is 0 Å². The zero-order valence-corrected chi connectivity index (χ0v) is 6.91. The molecule has 0 saturated carbocycles. The fourth-order valence-corrected chi connectivity index (χ4v) is 0.819. The molecular formula is C8H13N3. The van der Waals surface area contributed by atoms with Gasteiger partial charge in [-0.25, -0.2) is 0 Å². The third kappa shape index (κ3) is 2.55. The normalized spacial score (nSPS) is 11.1. The summed E-state index contributed by atoms with van der Waals surface area (Å²) in [6, 6.07) is 1.98. The van der Waals surface area contributed by atoms with Crippen LogP contribution in [0.25, 0.3) is 6.08 Å². The van der Waals surface area contributed by atoms with E-state index in [0.29, 0.717) is 0 Å². The van der Waals surface area contributed by atoms with Gasteiger partial charge in [0.2, 0.25) is 0 Å². The molecule has 0 atom stereocenters. The number of aryl methyl sites for hydroxylation is 1. The molecule has 0 amide bonds. The van der Waals surface area contributed by atoms with Gasteiger partial charge in [0.15, 0.2) is 0 Å². The number of hydrogen-bond acceptors (Lipinski definition) is 2. The van der Waals surface area contributed by atoms with Crippen LogP contribution in [0.1, 0.15) is 5.69 Å². The van der Waals surface area contributed by atoms with E-state index in [-0.39, 0.29) is 0 Å². The average Bonchev–Trinajstić information content (AvgIpc) is 2.37. The smallest absolute Gasteiger partial charge is 0.0848 e. The first-order valence-corrected chi connectivity index (χ1v) is 3.63. The maximum Gasteiger partial charge on any atom is 0.0848 e. The largest absolute Gasteiger partial charge is 0.316 e. The van der Waals surface area contributed by atoms with Gasteiger partial charge in [-0.15, -0.1) is 0 Å². The highest BCUT2D eigenvalue weighted by atomic mass is 15.2. The van der Waals surface area contributed by atoms with Gasteiger partial charge in [0.25, 0.3) is 0 Å². The second-order valence-corrected chi connectivity index (χ2v) is 2.37. The molecule has 0 unspecified atom stereocenters. The molecule has 1 aromatic heterocycles. The maximum atomic E-state index is 4.18. The van der Waals surface area contributed by atoms with Crippen LogP contribution in [0.5, 0.6) is 0 Å². The van der Waals surface area contributed by atoms with Crippen LogP contribution in [-0.4, -0.2) is 23.4 Å². The fourth-order valence-electron chi connectivity index (χ4n) is 0.819. The van der Waals surface area contributed by atoms with Crippen LogP contribution < -0.4 is 5.32 Å². The minimum atomic E-state index is 0.885. The first kappa shape index (κ1) is 8.01. The number of aromatic nitrogens is 2. The Balaban J connectivity index is 2.50. The number of likely N-dealkylation sites (N-methyl/N-ethyl adjacent to an activating group) is 1. The molecule has 1 heterocycles. The quantitative estimate of drug-likeness (QED) is 0.687. The summed E-state index contributed by atoms with van der Waals surface area (Å²) in [7, 11) is 3.83. The molecule has 0 aliphatic carbocycles. The zero-order valence-electron chi connectivity index (χ0n) is 6.91. The molecule has 11 heavy (non-hydrogen) atoms. The Kier molecular flexibility index (Phi) is 2.86. The van der Waals surface area contributed by atoms with Crippen molar-refractivity contribution in [1.82, 2.24) is 15.1 Å². The molecule has 0 radical (unpaired) electrons. The highest BCUT2D eigenvalue weighted by Gasteiger charge is 1.87. The van der Waals surface area contributed by atoms with Gasteiger partial charge < -0.3 is 5.32 Å². The molecule has 0 fully saturated rings. The van der Waals surface area contributed by atoms with Gasteiger partial charge in [0, 0.05) is 19.8 Å². The van der Waals surface area contributed by atoms with E-state index in [9.17, 15) is 0 Å². The molecule has 0 spiro atoms. The van der Waals surface area contributed by atoms with Crippen molar-refractivity contribution < 1.29 is 0 Å². The molecule has 0 aromatic carbocycles. The second-order valence-electron chi connectivity index (χ2n) is 2.37. The summed E-state index contributed by atoms with van der Waals surface area (Å²) in [6.07, 6.45) is 5.97. The summed E-state index contributed by atoms with van der Waals surface area (Å²) in [5.74, 6) is 0. The van der Waals surface area contributed by atoms with E-state index in [4.69, 9.17) is 0 Å². The lowest BCUT2D eigenvalue weighted by Gasteiger charge is -1.86. The molecule has 60 valence electrons. The van der Waals surface area contributed by atoms with Crippen molar-refractivity contribution >= 4 is 6.08 Å². The van der Waals surface area contributed by atoms with Gasteiger partial charge in [-0.2, -0.15) is 5.10 Å². The molecule has 0 bridgehead atoms. The number of hydrogen-bond donors (Lipinski definition) is 1. The molecule has 1 rings (SSSR count). The lowest BCUT2D eigenvalue weighted by molar-refractivity contribution is 0.764. The van der Waals surface area contributed by atoms with Crippen molar-refractivity contribution in [2.24, 2.45) is 7.05 Å². The van der Waals surface area contributed by atoms with Crippen molar-refractivity contribution in [1.29, 1.82) is 0 Å². The summed E-state index contributed by atoms with van der Waals surface area (Å²) in [4.78, 5) is 0. The van der Waals surface area contributed by atoms with Crippen LogP contribution in [0.3, 0.4) is 0 Å². The zero-order chi connectivity index (χ0) is 8.10. The molecular weight excluding hydrogens is 138 g/mol. The number of nitrogens with zero attached hydrogens (tertiary/aromatic N) is 2. The second kappa shape index (κ2) is 3.93. The Labute approximate surface area is 66.7 Å². The Morgan fingerprint density at radius 3 is 3.09 bits per heavy atom. The Bertz CT molecular complexity index is 237. The minimum Gasteiger partial charge on any atom is -0.316 e. The van der Waals surface area contributed by atoms with Crippen LogP contribution in [-0.2, 0) is 7.05 Å². The van der Waals surface area contributed by atoms with Crippen LogP contribution in [0.2, 0.25) is 0 Å². The molecule has 3 heteroatoms. The first-order chi connectivity index (χ1) is 5.33. The van der Waals surface area contributed by atoms with E-state index in [2.05, 4.69) is 10.4 Å². The molecule has 0 aliphatic heterocycles. The van der Waals surface area contributed by atoms with Crippen molar-refractivity contribution in [3.63, 3.8) is 0 Å². The van der Waals surface area contributed by atoms with Gasteiger partial charge in [0.1, 0.15) is 0 Å². The lowest BCUT2D eigenvalue weighted by atomic mass is 10.4. The summed E-state index contributed by atoms with van der Waals surface area (Å²) in [6.45, 7) is 0.885. The van der Waals surface area contributed by atoms with Crippen LogP contribution in [0.4, 0.5) is 0 Å². The van der Waals surface area contributed by atoms with E-state index < -0.39 is 0 Å². The van der Waals surface area contributed by atoms with Gasteiger partial charge in [0.05, 0.1) is 5.69 Å². The van der Waals surface area contributed by atoms with E-state index in [0.717, 1.165) is 12.2 Å². The molecule has 1 aromatic rings. The SMILES string of the molecule is CNCC=Cc1ccn(C)n1. The van der Waals surface area contributed by atoms with E-state index in [1.54, 1.807) is 4.68 Å². The number of rotatable bonds is 3. The monoisotopic (exact) mass is 151 g/mol. The van der Waals surface area contributed by atoms with Crippen molar-refractivity contribution in [2.75, 3.05) is 13.6 Å². The summed E-state index contributed by atoms with van der Waals surface area (Å²) in [5, 5.41) is 7.21. The molecule has 3 nitrogen and oxygen atoms in total. The van der Waals surface area contributed by atoms with E-state index in [1.807, 2.05) is 38.5 Å². The summed E-state index contributed by atoms with van der Waals surface area (Å²) in [5.41, 5.74) is 1.00. The van der Waals surface area contributed by atoms with E-state index >= 15 is 0 Å². The maximum absolute atomic E-state index is 4.18. The Morgan fingerprint density at radius 1 is 1.73 bits per heavy atom. The van der Waals surface area contributed by atoms with Crippen molar-refractivity contribution in [3.05, 3.63) is 24.0 Å². The van der Waals surface area contributed by atoms with Gasteiger partial charge in [-0.05, 0) is 19.2 Å². The standard InChI is InChI=1S/C8H13N3/c1-9-6-3-4-8-5-7-11(2)10-8/h3-5,7,9H,6H2,1-2H3. The van der Waals surface area contributed by atoms with Crippen LogP contribution in [0, 0.1) is 0 Å². The number of nitrogens with one attached hydrogen (secondary N) is 1. The van der Waals surface area contributed by atoms with Crippen molar-refractivity contribution in [3.8, 4) is 0 Å². The predicted octanol–water partition coefficient (Wildman–Crippen LogP) is 0.653. The molecule has 1 N–H and O–H groups in total. The lowest BCUT2D eigenvalue weighted by Crippen LogP contribution is -2.03. The van der Waals surface area contributed by atoms with Gasteiger partial charge >= 0.3 is 0 Å². The third-order valence-corrected chi connectivity index (χ3v) is 1.34. The fraction of sp³-hybridized carbons (Fsp3) is 0.375. The summed E-state index contributed by atoms with van der Waals surface area (Å²) >= 11 is 0. The first-order valence-electron chi connectivity index (χ1n) is 3.63. The summed E-state index contributed by atoms with van der Waals surface area (Å²) < 4.78 is 1.79. The Hall–Kier alpha value is -1.09.